The molecule has 7 heteroatoms. The van der Waals surface area contributed by atoms with Gasteiger partial charge in [-0.05, 0) is 45.4 Å². The molecule has 0 saturated carbocycles. The van der Waals surface area contributed by atoms with Gasteiger partial charge in [-0.25, -0.2) is 4.39 Å². The molecule has 2 amide bonds. The van der Waals surface area contributed by atoms with E-state index in [-0.39, 0.29) is 11.9 Å². The van der Waals surface area contributed by atoms with Crippen LogP contribution in [0.4, 0.5) is 10.1 Å². The van der Waals surface area contributed by atoms with Gasteiger partial charge >= 0.3 is 0 Å². The number of benzene rings is 1. The van der Waals surface area contributed by atoms with Crippen LogP contribution in [0.25, 0.3) is 0 Å². The Kier molecular flexibility index (Phi) is 4.79. The fourth-order valence-corrected chi connectivity index (χ4v) is 4.31. The van der Waals surface area contributed by atoms with Crippen LogP contribution in [0.3, 0.4) is 0 Å². The molecule has 3 atom stereocenters. The molecule has 142 valence electrons. The molecule has 2 heterocycles. The number of carbonyl (C=O) groups is 2. The zero-order chi connectivity index (χ0) is 19.1. The summed E-state index contributed by atoms with van der Waals surface area (Å²) in [4.78, 5) is 26.8. The Morgan fingerprint density at radius 3 is 2.81 bits per heavy atom. The van der Waals surface area contributed by atoms with E-state index in [0.29, 0.717) is 25.9 Å². The summed E-state index contributed by atoms with van der Waals surface area (Å²) >= 11 is 0. The molecule has 0 bridgehead atoms. The highest BCUT2D eigenvalue weighted by atomic mass is 19.1. The number of primary amides is 1. The summed E-state index contributed by atoms with van der Waals surface area (Å²) in [7, 11) is 1.78. The molecule has 0 unspecified atom stereocenters. The number of nitrogens with two attached hydrogens (primary N) is 1. The maximum atomic E-state index is 14.1. The summed E-state index contributed by atoms with van der Waals surface area (Å²) in [6.07, 6.45) is 0.655. The van der Waals surface area contributed by atoms with Crippen molar-refractivity contribution in [2.45, 2.75) is 49.9 Å². The van der Waals surface area contributed by atoms with Crippen molar-refractivity contribution in [3.8, 4) is 0 Å². The summed E-state index contributed by atoms with van der Waals surface area (Å²) in [5.41, 5.74) is 5.23. The molecule has 0 aromatic heterocycles. The molecule has 3 rings (SSSR count). The molecule has 2 aliphatic heterocycles. The van der Waals surface area contributed by atoms with Gasteiger partial charge in [0.15, 0.2) is 0 Å². The van der Waals surface area contributed by atoms with E-state index in [4.69, 9.17) is 5.73 Å². The van der Waals surface area contributed by atoms with Crippen molar-refractivity contribution in [1.29, 1.82) is 0 Å². The molecule has 0 aliphatic carbocycles. The van der Waals surface area contributed by atoms with E-state index in [9.17, 15) is 14.0 Å². The van der Waals surface area contributed by atoms with Gasteiger partial charge in [0.05, 0.1) is 11.5 Å². The van der Waals surface area contributed by atoms with Gasteiger partial charge in [-0.2, -0.15) is 0 Å². The molecule has 1 fully saturated rings. The smallest absolute Gasteiger partial charge is 0.236 e. The molecule has 26 heavy (non-hydrogen) atoms. The van der Waals surface area contributed by atoms with Gasteiger partial charge in [0.2, 0.25) is 11.8 Å². The minimum absolute atomic E-state index is 0.0979. The number of rotatable bonds is 6. The van der Waals surface area contributed by atoms with E-state index >= 15 is 0 Å². The van der Waals surface area contributed by atoms with Crippen molar-refractivity contribution >= 4 is 17.5 Å². The third kappa shape index (κ3) is 3.33. The Balaban J connectivity index is 1.88. The quantitative estimate of drug-likeness (QED) is 0.709. The zero-order valence-electron chi connectivity index (χ0n) is 15.5. The van der Waals surface area contributed by atoms with Gasteiger partial charge in [-0.15, -0.1) is 0 Å². The van der Waals surface area contributed by atoms with Crippen LogP contribution in [-0.4, -0.2) is 54.6 Å². The summed E-state index contributed by atoms with van der Waals surface area (Å²) < 4.78 is 14.1. The number of hydrogen-bond acceptors (Lipinski definition) is 4. The second-order valence-electron chi connectivity index (χ2n) is 8.04. The van der Waals surface area contributed by atoms with Gasteiger partial charge < -0.3 is 16.4 Å². The Labute approximate surface area is 153 Å². The highest BCUT2D eigenvalue weighted by Crippen LogP contribution is 2.46. The number of nitrogens with zero attached hydrogens (tertiary/aromatic N) is 1. The minimum Gasteiger partial charge on any atom is -0.368 e. The van der Waals surface area contributed by atoms with Crippen molar-refractivity contribution in [3.05, 3.63) is 29.8 Å². The van der Waals surface area contributed by atoms with Gasteiger partial charge in [0.25, 0.3) is 0 Å². The SMILES string of the molecule is CN[C@H](CN1C[C@]2(C[C@H]1C(N)=O)C(=O)Nc1ccccc12)CC(C)(C)F. The lowest BCUT2D eigenvalue weighted by atomic mass is 9.79. The number of halogens is 1. The van der Waals surface area contributed by atoms with E-state index in [1.807, 2.05) is 29.2 Å². The van der Waals surface area contributed by atoms with Gasteiger partial charge in [-0.3, -0.25) is 14.5 Å². The Morgan fingerprint density at radius 2 is 2.19 bits per heavy atom. The Morgan fingerprint density at radius 1 is 1.50 bits per heavy atom. The number of nitrogens with one attached hydrogen (secondary N) is 2. The topological polar surface area (TPSA) is 87.5 Å². The van der Waals surface area contributed by atoms with Crippen LogP contribution >= 0.6 is 0 Å². The summed E-state index contributed by atoms with van der Waals surface area (Å²) in [6, 6.07) is 6.86. The predicted octanol–water partition coefficient (Wildman–Crippen LogP) is 1.16. The van der Waals surface area contributed by atoms with Gasteiger partial charge in [0.1, 0.15) is 5.67 Å². The van der Waals surface area contributed by atoms with Crippen molar-refractivity contribution in [3.63, 3.8) is 0 Å². The lowest BCUT2D eigenvalue weighted by Crippen LogP contribution is -2.48. The number of likely N-dealkylation sites (N-methyl/N-ethyl adjacent to an activating group) is 1. The van der Waals surface area contributed by atoms with E-state index in [0.717, 1.165) is 11.3 Å². The van der Waals surface area contributed by atoms with E-state index in [2.05, 4.69) is 10.6 Å². The number of alkyl halides is 1. The normalized spacial score (nSPS) is 26.8. The summed E-state index contributed by atoms with van der Waals surface area (Å²) in [5.74, 6) is -0.548. The number of fused-ring (bicyclic) bond motifs is 2. The first-order valence-electron chi connectivity index (χ1n) is 8.97. The molecule has 1 aromatic rings. The molecule has 1 spiro atoms. The first-order valence-corrected chi connectivity index (χ1v) is 8.97. The third-order valence-electron chi connectivity index (χ3n) is 5.50. The van der Waals surface area contributed by atoms with Crippen LogP contribution in [0, 0.1) is 0 Å². The van der Waals surface area contributed by atoms with Gasteiger partial charge in [-0.1, -0.05) is 18.2 Å². The average Bonchev–Trinajstić information content (AvgIpc) is 3.06. The van der Waals surface area contributed by atoms with Gasteiger partial charge in [0, 0.05) is 24.8 Å². The molecule has 1 aromatic carbocycles. The predicted molar refractivity (Wildman–Crippen MR) is 98.6 cm³/mol. The highest BCUT2D eigenvalue weighted by Gasteiger charge is 2.55. The highest BCUT2D eigenvalue weighted by molar-refractivity contribution is 6.07. The molecule has 4 N–H and O–H groups in total. The largest absolute Gasteiger partial charge is 0.368 e. The maximum absolute atomic E-state index is 14.1. The molecule has 0 radical (unpaired) electrons. The van der Waals surface area contributed by atoms with Crippen LogP contribution < -0.4 is 16.4 Å². The van der Waals surface area contributed by atoms with E-state index in [1.54, 1.807) is 7.05 Å². The number of carbonyl (C=O) groups excluding carboxylic acids is 2. The van der Waals surface area contributed by atoms with Crippen LogP contribution in [0.2, 0.25) is 0 Å². The zero-order valence-corrected chi connectivity index (χ0v) is 15.5. The average molecular weight is 362 g/mol. The lowest BCUT2D eigenvalue weighted by Gasteiger charge is -2.30. The summed E-state index contributed by atoms with van der Waals surface area (Å²) in [6.45, 7) is 3.92. The monoisotopic (exact) mass is 362 g/mol. The molecular formula is C19H27FN4O2. The maximum Gasteiger partial charge on any atom is 0.236 e. The molecule has 2 aliphatic rings. The van der Waals surface area contributed by atoms with Crippen molar-refractivity contribution < 1.29 is 14.0 Å². The van der Waals surface area contributed by atoms with Crippen molar-refractivity contribution in [2.75, 3.05) is 25.5 Å². The van der Waals surface area contributed by atoms with Crippen LogP contribution in [0.5, 0.6) is 0 Å². The number of amides is 2. The molecular weight excluding hydrogens is 335 g/mol. The second-order valence-corrected chi connectivity index (χ2v) is 8.04. The standard InChI is InChI=1S/C19H27FN4O2/c1-18(2,20)8-12(22-3)10-24-11-19(9-15(24)16(21)25)13-6-4-5-7-14(13)23-17(19)26/h4-7,12,15,22H,8-11H2,1-3H3,(H2,21,25)(H,23,26)/t12-,15-,19-/m0/s1. The second kappa shape index (κ2) is 6.63. The minimum atomic E-state index is -1.33. The van der Waals surface area contributed by atoms with E-state index in [1.165, 1.54) is 13.8 Å². The summed E-state index contributed by atoms with van der Waals surface area (Å²) in [5, 5.41) is 6.04. The number of hydrogen-bond donors (Lipinski definition) is 3. The first-order chi connectivity index (χ1) is 12.2. The van der Waals surface area contributed by atoms with Crippen molar-refractivity contribution in [2.24, 2.45) is 5.73 Å². The first kappa shape index (κ1) is 18.8. The fourth-order valence-electron chi connectivity index (χ4n) is 4.31. The van der Waals surface area contributed by atoms with Crippen LogP contribution in [0.1, 0.15) is 32.3 Å². The number of anilines is 1. The fraction of sp³-hybridized carbons (Fsp3) is 0.579. The van der Waals surface area contributed by atoms with Crippen LogP contribution in [-0.2, 0) is 15.0 Å². The van der Waals surface area contributed by atoms with Crippen LogP contribution in [0.15, 0.2) is 24.3 Å². The number of para-hydroxylation sites is 1. The Bertz CT molecular complexity index is 718. The molecule has 1 saturated heterocycles. The Hall–Kier alpha value is -1.99. The van der Waals surface area contributed by atoms with Crippen molar-refractivity contribution in [1.82, 2.24) is 10.2 Å². The number of likely N-dealkylation sites (tertiary alicyclic amines) is 1. The lowest BCUT2D eigenvalue weighted by molar-refractivity contribution is -0.122. The molecule has 6 nitrogen and oxygen atoms in total. The third-order valence-corrected chi connectivity index (χ3v) is 5.50. The van der Waals surface area contributed by atoms with E-state index < -0.39 is 23.0 Å².